The lowest BCUT2D eigenvalue weighted by Crippen LogP contribution is -2.14. The van der Waals surface area contributed by atoms with Crippen LogP contribution in [0.1, 0.15) is 10.4 Å². The van der Waals surface area contributed by atoms with Crippen molar-refractivity contribution >= 4 is 68.0 Å². The molecule has 2 aromatic carbocycles. The molecule has 0 spiro atoms. The summed E-state index contributed by atoms with van der Waals surface area (Å²) >= 11 is 21.2. The summed E-state index contributed by atoms with van der Waals surface area (Å²) in [4.78, 5) is 12.2. The van der Waals surface area contributed by atoms with Crippen molar-refractivity contribution in [3.05, 3.63) is 55.4 Å². The van der Waals surface area contributed by atoms with Crippen LogP contribution in [-0.4, -0.2) is 5.91 Å². The predicted molar refractivity (Wildman–Crippen MR) is 88.0 cm³/mol. The highest BCUT2D eigenvalue weighted by molar-refractivity contribution is 9.10. The molecule has 1 amide bonds. The highest BCUT2D eigenvalue weighted by atomic mass is 79.9. The number of carbonyl (C=O) groups excluding carboxylic acids is 1. The molecule has 0 unspecified atom stereocenters. The van der Waals surface area contributed by atoms with E-state index in [1.54, 1.807) is 24.3 Å². The molecule has 3 N–H and O–H groups in total. The van der Waals surface area contributed by atoms with E-state index in [2.05, 4.69) is 21.2 Å². The minimum Gasteiger partial charge on any atom is -0.398 e. The van der Waals surface area contributed by atoms with E-state index in [1.807, 2.05) is 0 Å². The average molecular weight is 394 g/mol. The Hall–Kier alpha value is -0.940. The van der Waals surface area contributed by atoms with Crippen molar-refractivity contribution in [1.29, 1.82) is 0 Å². The fraction of sp³-hybridized carbons (Fsp3) is 0. The van der Waals surface area contributed by atoms with Gasteiger partial charge in [0.2, 0.25) is 0 Å². The lowest BCUT2D eigenvalue weighted by molar-refractivity contribution is 0.102. The van der Waals surface area contributed by atoms with Crippen molar-refractivity contribution in [2.45, 2.75) is 0 Å². The molecule has 0 aliphatic rings. The Morgan fingerprint density at radius 3 is 2.50 bits per heavy atom. The lowest BCUT2D eigenvalue weighted by atomic mass is 10.1. The van der Waals surface area contributed by atoms with Crippen molar-refractivity contribution in [2.75, 3.05) is 11.1 Å². The third-order valence-electron chi connectivity index (χ3n) is 2.54. The van der Waals surface area contributed by atoms with E-state index in [0.29, 0.717) is 25.9 Å². The molecule has 7 heteroatoms. The van der Waals surface area contributed by atoms with E-state index in [4.69, 9.17) is 40.5 Å². The second-order valence-electron chi connectivity index (χ2n) is 3.91. The summed E-state index contributed by atoms with van der Waals surface area (Å²) in [5.74, 6) is -0.412. The molecule has 0 aliphatic carbocycles. The Morgan fingerprint density at radius 1 is 1.10 bits per heavy atom. The van der Waals surface area contributed by atoms with Crippen LogP contribution < -0.4 is 11.1 Å². The smallest absolute Gasteiger partial charge is 0.257 e. The van der Waals surface area contributed by atoms with Gasteiger partial charge in [-0.2, -0.15) is 0 Å². The summed E-state index contributed by atoms with van der Waals surface area (Å²) in [7, 11) is 0. The number of rotatable bonds is 2. The second kappa shape index (κ2) is 6.22. The van der Waals surface area contributed by atoms with Crippen molar-refractivity contribution in [3.8, 4) is 0 Å². The van der Waals surface area contributed by atoms with Crippen LogP contribution in [0.3, 0.4) is 0 Å². The zero-order valence-electron chi connectivity index (χ0n) is 9.88. The monoisotopic (exact) mass is 392 g/mol. The maximum Gasteiger partial charge on any atom is 0.257 e. The molecule has 0 aromatic heterocycles. The number of nitrogen functional groups attached to an aromatic ring is 1. The van der Waals surface area contributed by atoms with Crippen LogP contribution in [0.4, 0.5) is 11.4 Å². The fourth-order valence-corrected chi connectivity index (χ4v) is 2.53. The summed E-state index contributed by atoms with van der Waals surface area (Å²) in [5.41, 5.74) is 6.74. The molecule has 20 heavy (non-hydrogen) atoms. The third-order valence-corrected chi connectivity index (χ3v) is 4.55. The number of halogens is 4. The SMILES string of the molecule is Nc1ccc(Cl)cc1C(=O)Nc1ccc(Br)c(Cl)c1Cl. The van der Waals surface area contributed by atoms with Gasteiger partial charge in [0.25, 0.3) is 5.91 Å². The number of nitrogens with one attached hydrogen (secondary N) is 1. The second-order valence-corrected chi connectivity index (χ2v) is 5.96. The third kappa shape index (κ3) is 3.20. The van der Waals surface area contributed by atoms with E-state index in [0.717, 1.165) is 0 Å². The standard InChI is InChI=1S/C13H8BrCl3N2O/c14-8-2-4-10(12(17)11(8)16)19-13(20)7-5-6(15)1-3-9(7)18/h1-5H,18H2,(H,19,20). The molecule has 0 radical (unpaired) electrons. The summed E-state index contributed by atoms with van der Waals surface area (Å²) in [6, 6.07) is 7.98. The first-order valence-corrected chi connectivity index (χ1v) is 7.32. The van der Waals surface area contributed by atoms with E-state index < -0.39 is 5.91 Å². The van der Waals surface area contributed by atoms with Gasteiger partial charge in [-0.3, -0.25) is 4.79 Å². The molecule has 0 saturated carbocycles. The Labute approximate surface area is 139 Å². The molecule has 0 heterocycles. The first-order valence-electron chi connectivity index (χ1n) is 5.40. The molecule has 0 fully saturated rings. The van der Waals surface area contributed by atoms with E-state index in [-0.39, 0.29) is 10.6 Å². The Kier molecular flexibility index (Phi) is 4.81. The van der Waals surface area contributed by atoms with Crippen LogP contribution in [0, 0.1) is 0 Å². The van der Waals surface area contributed by atoms with Crippen LogP contribution in [-0.2, 0) is 0 Å². The number of anilines is 2. The number of hydrogen-bond donors (Lipinski definition) is 2. The van der Waals surface area contributed by atoms with Gasteiger partial charge in [-0.15, -0.1) is 0 Å². The average Bonchev–Trinajstić information content (AvgIpc) is 2.42. The van der Waals surface area contributed by atoms with Gasteiger partial charge in [0.05, 0.1) is 21.3 Å². The van der Waals surface area contributed by atoms with E-state index >= 15 is 0 Å². The van der Waals surface area contributed by atoms with Gasteiger partial charge < -0.3 is 11.1 Å². The summed E-state index contributed by atoms with van der Waals surface area (Å²) in [5, 5.41) is 3.64. The molecular weight excluding hydrogens is 386 g/mol. The zero-order chi connectivity index (χ0) is 14.9. The van der Waals surface area contributed by atoms with Gasteiger partial charge in [0.1, 0.15) is 0 Å². The van der Waals surface area contributed by atoms with Gasteiger partial charge >= 0.3 is 0 Å². The van der Waals surface area contributed by atoms with E-state index in [9.17, 15) is 4.79 Å². The Bertz CT molecular complexity index is 692. The van der Waals surface area contributed by atoms with Gasteiger partial charge in [0.15, 0.2) is 0 Å². The first kappa shape index (κ1) is 15.4. The molecule has 104 valence electrons. The van der Waals surface area contributed by atoms with Gasteiger partial charge in [-0.25, -0.2) is 0 Å². The van der Waals surface area contributed by atoms with Crippen LogP contribution in [0.5, 0.6) is 0 Å². The van der Waals surface area contributed by atoms with Crippen LogP contribution in [0.2, 0.25) is 15.1 Å². The zero-order valence-corrected chi connectivity index (χ0v) is 13.7. The lowest BCUT2D eigenvalue weighted by Gasteiger charge is -2.11. The normalized spacial score (nSPS) is 10.4. The number of nitrogens with two attached hydrogens (primary N) is 1. The van der Waals surface area contributed by atoms with Crippen molar-refractivity contribution in [2.24, 2.45) is 0 Å². The molecule has 0 aliphatic heterocycles. The van der Waals surface area contributed by atoms with Crippen molar-refractivity contribution < 1.29 is 4.79 Å². The number of hydrogen-bond acceptors (Lipinski definition) is 2. The van der Waals surface area contributed by atoms with Crippen LogP contribution in [0.15, 0.2) is 34.8 Å². The largest absolute Gasteiger partial charge is 0.398 e. The van der Waals surface area contributed by atoms with E-state index in [1.165, 1.54) is 6.07 Å². The molecule has 0 atom stereocenters. The minimum atomic E-state index is -0.412. The molecule has 0 bridgehead atoms. The molecule has 0 saturated heterocycles. The van der Waals surface area contributed by atoms with Crippen LogP contribution >= 0.6 is 50.7 Å². The van der Waals surface area contributed by atoms with Crippen LogP contribution in [0.25, 0.3) is 0 Å². The fourth-order valence-electron chi connectivity index (χ4n) is 1.54. The summed E-state index contributed by atoms with van der Waals surface area (Å²) in [6.07, 6.45) is 0. The van der Waals surface area contributed by atoms with Gasteiger partial charge in [-0.05, 0) is 46.3 Å². The molecular formula is C13H8BrCl3N2O. The molecule has 2 aromatic rings. The summed E-state index contributed by atoms with van der Waals surface area (Å²) < 4.78 is 0.643. The number of amides is 1. The number of carbonyl (C=O) groups is 1. The maximum atomic E-state index is 12.2. The Morgan fingerprint density at radius 2 is 1.80 bits per heavy atom. The molecule has 2 rings (SSSR count). The minimum absolute atomic E-state index is 0.245. The Balaban J connectivity index is 2.33. The first-order chi connectivity index (χ1) is 9.40. The topological polar surface area (TPSA) is 55.1 Å². The summed E-state index contributed by atoms with van der Waals surface area (Å²) in [6.45, 7) is 0. The quantitative estimate of drug-likeness (QED) is 0.540. The van der Waals surface area contributed by atoms with Gasteiger partial charge in [0, 0.05) is 15.2 Å². The van der Waals surface area contributed by atoms with Gasteiger partial charge in [-0.1, -0.05) is 34.8 Å². The molecule has 3 nitrogen and oxygen atoms in total. The van der Waals surface area contributed by atoms with Crippen molar-refractivity contribution in [3.63, 3.8) is 0 Å². The highest BCUT2D eigenvalue weighted by Crippen LogP contribution is 2.36. The maximum absolute atomic E-state index is 12.2. The predicted octanol–water partition coefficient (Wildman–Crippen LogP) is 5.24. The highest BCUT2D eigenvalue weighted by Gasteiger charge is 2.14. The van der Waals surface area contributed by atoms with Crippen molar-refractivity contribution in [1.82, 2.24) is 0 Å². The number of benzene rings is 2.